The molecule has 0 radical (unpaired) electrons. The first kappa shape index (κ1) is 23.4. The van der Waals surface area contributed by atoms with Gasteiger partial charge in [-0.25, -0.2) is 19.1 Å². The van der Waals surface area contributed by atoms with Crippen molar-refractivity contribution in [3.63, 3.8) is 0 Å². The Morgan fingerprint density at radius 3 is 2.58 bits per heavy atom. The fourth-order valence-corrected chi connectivity index (χ4v) is 5.71. The summed E-state index contributed by atoms with van der Waals surface area (Å²) in [5.74, 6) is 0.595. The minimum absolute atomic E-state index is 0.199. The van der Waals surface area contributed by atoms with E-state index in [1.54, 1.807) is 30.5 Å². The van der Waals surface area contributed by atoms with Gasteiger partial charge in [0.05, 0.1) is 5.56 Å². The predicted molar refractivity (Wildman–Crippen MR) is 125 cm³/mol. The fourth-order valence-electron chi connectivity index (χ4n) is 4.78. The van der Waals surface area contributed by atoms with E-state index in [2.05, 4.69) is 40.4 Å². The highest BCUT2D eigenvalue weighted by molar-refractivity contribution is 7.90. The molecule has 0 aromatic carbocycles. The minimum Gasteiger partial charge on any atom is -0.356 e. The lowest BCUT2D eigenvalue weighted by Crippen LogP contribution is -2.41. The smallest absolute Gasteiger partial charge is 0.281 e. The van der Waals surface area contributed by atoms with Gasteiger partial charge in [-0.3, -0.25) is 4.79 Å². The van der Waals surface area contributed by atoms with Crippen LogP contribution in [0.4, 0.5) is 16.0 Å². The lowest BCUT2D eigenvalue weighted by atomic mass is 9.97. The number of nitrogens with one attached hydrogen (secondary N) is 1. The number of sulfonamides is 1. The molecule has 0 aliphatic carbocycles. The first-order valence-electron chi connectivity index (χ1n) is 11.2. The van der Waals surface area contributed by atoms with Crippen LogP contribution in [0.3, 0.4) is 0 Å². The van der Waals surface area contributed by atoms with Gasteiger partial charge in [0.15, 0.2) is 5.03 Å². The van der Waals surface area contributed by atoms with Gasteiger partial charge in [-0.15, -0.1) is 0 Å². The van der Waals surface area contributed by atoms with Crippen LogP contribution in [0.5, 0.6) is 0 Å². The van der Waals surface area contributed by atoms with Crippen molar-refractivity contribution in [1.29, 1.82) is 0 Å². The molecule has 2 aliphatic rings. The van der Waals surface area contributed by atoms with Crippen LogP contribution in [0.2, 0.25) is 0 Å². The molecule has 1 unspecified atom stereocenters. The molecule has 2 saturated heterocycles. The third-order valence-electron chi connectivity index (χ3n) is 6.32. The summed E-state index contributed by atoms with van der Waals surface area (Å²) in [6.45, 7) is 7.98. The Kier molecular flexibility index (Phi) is 6.30. The second-order valence-electron chi connectivity index (χ2n) is 9.54. The molecule has 1 amide bonds. The van der Waals surface area contributed by atoms with E-state index in [0.717, 1.165) is 13.0 Å². The molecule has 33 heavy (non-hydrogen) atoms. The van der Waals surface area contributed by atoms with E-state index in [0.29, 0.717) is 43.5 Å². The molecule has 0 saturated carbocycles. The molecule has 1 N–H and O–H groups in total. The zero-order valence-electron chi connectivity index (χ0n) is 19.2. The molecule has 1 atom stereocenters. The van der Waals surface area contributed by atoms with Gasteiger partial charge in [-0.1, -0.05) is 13.0 Å². The maximum atomic E-state index is 13.5. The molecule has 4 rings (SSSR count). The van der Waals surface area contributed by atoms with Crippen molar-refractivity contribution in [3.05, 3.63) is 42.1 Å². The van der Waals surface area contributed by atoms with Crippen molar-refractivity contribution in [2.24, 2.45) is 5.92 Å². The first-order chi connectivity index (χ1) is 15.6. The highest BCUT2D eigenvalue weighted by atomic mass is 32.2. The molecule has 2 aromatic heterocycles. The number of amides is 1. The van der Waals surface area contributed by atoms with Crippen molar-refractivity contribution >= 4 is 27.6 Å². The Labute approximate surface area is 194 Å². The molecule has 178 valence electrons. The van der Waals surface area contributed by atoms with Gasteiger partial charge in [-0.05, 0) is 63.3 Å². The van der Waals surface area contributed by atoms with Crippen LogP contribution in [0.15, 0.2) is 41.6 Å². The monoisotopic (exact) mass is 475 g/mol. The number of anilines is 2. The van der Waals surface area contributed by atoms with Crippen LogP contribution in [0.25, 0.3) is 0 Å². The molecule has 0 spiro atoms. The fraction of sp³-hybridized carbons (Fsp3) is 0.522. The summed E-state index contributed by atoms with van der Waals surface area (Å²) in [5, 5.41) is -0.253. The van der Waals surface area contributed by atoms with Crippen molar-refractivity contribution in [1.82, 2.24) is 14.7 Å². The number of hydrogen-bond donors (Lipinski definition) is 1. The molecule has 2 aliphatic heterocycles. The quantitative estimate of drug-likeness (QED) is 0.710. The Morgan fingerprint density at radius 2 is 1.91 bits per heavy atom. The number of carbonyl (C=O) groups is 1. The van der Waals surface area contributed by atoms with Crippen molar-refractivity contribution < 1.29 is 17.6 Å². The lowest BCUT2D eigenvalue weighted by molar-refractivity contribution is 0.0981. The second kappa shape index (κ2) is 8.89. The van der Waals surface area contributed by atoms with Gasteiger partial charge in [0, 0.05) is 31.4 Å². The van der Waals surface area contributed by atoms with E-state index in [-0.39, 0.29) is 16.1 Å². The van der Waals surface area contributed by atoms with Gasteiger partial charge in [0.25, 0.3) is 15.9 Å². The number of halogens is 1. The standard InChI is InChI=1S/C23H30FN5O3S/c1-16-14-23(2,3)29(15-16)21-18(6-5-11-25-21)22(30)27-33(31,32)20-8-4-7-19(26-20)28-12-9-17(24)10-13-28/h4-8,11,16-17H,9-10,12-15H2,1-3H3,(H,27,30). The second-order valence-corrected chi connectivity index (χ2v) is 11.2. The van der Waals surface area contributed by atoms with Crippen LogP contribution in [0, 0.1) is 5.92 Å². The molecule has 2 fully saturated rings. The zero-order chi connectivity index (χ0) is 23.8. The molecule has 10 heteroatoms. The molecular formula is C23H30FN5O3S. The summed E-state index contributed by atoms with van der Waals surface area (Å²) in [5.41, 5.74) is -0.00521. The number of rotatable bonds is 5. The van der Waals surface area contributed by atoms with Gasteiger partial charge in [0.1, 0.15) is 17.8 Å². The molecular weight excluding hydrogens is 445 g/mol. The van der Waals surface area contributed by atoms with Gasteiger partial charge >= 0.3 is 0 Å². The highest BCUT2D eigenvalue weighted by Crippen LogP contribution is 2.37. The van der Waals surface area contributed by atoms with Gasteiger partial charge in [0.2, 0.25) is 0 Å². The largest absolute Gasteiger partial charge is 0.356 e. The van der Waals surface area contributed by atoms with E-state index in [1.165, 1.54) is 6.07 Å². The first-order valence-corrected chi connectivity index (χ1v) is 12.7. The normalized spacial score (nSPS) is 21.3. The van der Waals surface area contributed by atoms with Gasteiger partial charge < -0.3 is 9.80 Å². The number of nitrogens with zero attached hydrogens (tertiary/aromatic N) is 4. The Balaban J connectivity index is 1.57. The summed E-state index contributed by atoms with van der Waals surface area (Å²) >= 11 is 0. The maximum Gasteiger partial charge on any atom is 0.281 e. The minimum atomic E-state index is -4.22. The summed E-state index contributed by atoms with van der Waals surface area (Å²) < 4.78 is 41.6. The van der Waals surface area contributed by atoms with Crippen LogP contribution >= 0.6 is 0 Å². The van der Waals surface area contributed by atoms with Crippen LogP contribution < -0.4 is 14.5 Å². The van der Waals surface area contributed by atoms with Crippen molar-refractivity contribution in [3.8, 4) is 0 Å². The zero-order valence-corrected chi connectivity index (χ0v) is 20.0. The maximum absolute atomic E-state index is 13.5. The summed E-state index contributed by atoms with van der Waals surface area (Å²) in [4.78, 5) is 25.7. The summed E-state index contributed by atoms with van der Waals surface area (Å²) in [6.07, 6.45) is 2.46. The number of alkyl halides is 1. The van der Waals surface area contributed by atoms with Gasteiger partial charge in [-0.2, -0.15) is 8.42 Å². The Morgan fingerprint density at radius 1 is 1.18 bits per heavy atom. The molecule has 8 nitrogen and oxygen atoms in total. The summed E-state index contributed by atoms with van der Waals surface area (Å²) in [6, 6.07) is 7.81. The van der Waals surface area contributed by atoms with Crippen LogP contribution in [0.1, 0.15) is 50.4 Å². The number of aromatic nitrogens is 2. The van der Waals surface area contributed by atoms with E-state index in [1.807, 2.05) is 4.90 Å². The number of piperidine rings is 1. The molecule has 4 heterocycles. The Bertz CT molecular complexity index is 1130. The number of carbonyl (C=O) groups excluding carboxylic acids is 1. The number of hydrogen-bond acceptors (Lipinski definition) is 7. The molecule has 0 bridgehead atoms. The number of pyridine rings is 2. The van der Waals surface area contributed by atoms with Crippen LogP contribution in [-0.2, 0) is 10.0 Å². The summed E-state index contributed by atoms with van der Waals surface area (Å²) in [7, 11) is -4.22. The predicted octanol–water partition coefficient (Wildman–Crippen LogP) is 3.16. The SMILES string of the molecule is CC1CN(c2ncccc2C(=O)NS(=O)(=O)c2cccc(N3CCC(F)CC3)n2)C(C)(C)C1. The van der Waals surface area contributed by atoms with Crippen molar-refractivity contribution in [2.45, 2.75) is 56.8 Å². The van der Waals surface area contributed by atoms with Crippen molar-refractivity contribution in [2.75, 3.05) is 29.4 Å². The van der Waals surface area contributed by atoms with E-state index in [4.69, 9.17) is 0 Å². The topological polar surface area (TPSA) is 95.5 Å². The van der Waals surface area contributed by atoms with E-state index < -0.39 is 22.1 Å². The van der Waals surface area contributed by atoms with E-state index >= 15 is 0 Å². The van der Waals surface area contributed by atoms with E-state index in [9.17, 15) is 17.6 Å². The lowest BCUT2D eigenvalue weighted by Gasteiger charge is -2.33. The Hall–Kier alpha value is -2.75. The third-order valence-corrected chi connectivity index (χ3v) is 7.55. The average molecular weight is 476 g/mol. The molecule has 2 aromatic rings. The third kappa shape index (κ3) is 4.95. The van der Waals surface area contributed by atoms with Crippen LogP contribution in [-0.4, -0.2) is 55.6 Å². The average Bonchev–Trinajstić information content (AvgIpc) is 3.05. The highest BCUT2D eigenvalue weighted by Gasteiger charge is 2.39.